The molecule has 1 aliphatic heterocycles. The molecule has 1 fully saturated rings. The second-order valence-electron chi connectivity index (χ2n) is 3.99. The van der Waals surface area contributed by atoms with Gasteiger partial charge in [0, 0.05) is 25.5 Å². The number of hydrogen-bond acceptors (Lipinski definition) is 3. The highest BCUT2D eigenvalue weighted by Crippen LogP contribution is 2.25. The fourth-order valence-electron chi connectivity index (χ4n) is 1.81. The van der Waals surface area contributed by atoms with Crippen LogP contribution < -0.4 is 4.90 Å². The Labute approximate surface area is 98.9 Å². The van der Waals surface area contributed by atoms with Crippen molar-refractivity contribution in [1.82, 2.24) is 4.98 Å². The molecular weight excluding hydrogens is 228 g/mol. The van der Waals surface area contributed by atoms with Gasteiger partial charge >= 0.3 is 0 Å². The molecule has 16 heavy (non-hydrogen) atoms. The van der Waals surface area contributed by atoms with E-state index in [4.69, 9.17) is 16.7 Å². The number of aliphatic hydroxyl groups is 1. The Kier molecular flexibility index (Phi) is 3.12. The number of amides is 1. The number of aryl methyl sites for hydroxylation is 1. The molecule has 1 amide bonds. The number of hydrogen-bond donors (Lipinski definition) is 1. The van der Waals surface area contributed by atoms with Crippen molar-refractivity contribution >= 4 is 23.3 Å². The number of halogens is 1. The van der Waals surface area contributed by atoms with Crippen LogP contribution in [0.25, 0.3) is 0 Å². The van der Waals surface area contributed by atoms with Gasteiger partial charge in [-0.3, -0.25) is 9.69 Å². The van der Waals surface area contributed by atoms with Crippen molar-refractivity contribution in [3.63, 3.8) is 0 Å². The number of carbonyl (C=O) groups excluding carboxylic acids is 1. The van der Waals surface area contributed by atoms with Crippen molar-refractivity contribution < 1.29 is 9.90 Å². The van der Waals surface area contributed by atoms with Crippen molar-refractivity contribution in [2.45, 2.75) is 13.3 Å². The lowest BCUT2D eigenvalue weighted by Crippen LogP contribution is -2.26. The van der Waals surface area contributed by atoms with Gasteiger partial charge in [-0.05, 0) is 19.1 Å². The predicted octanol–water partition coefficient (Wildman–Crippen LogP) is 1.39. The molecule has 0 bridgehead atoms. The monoisotopic (exact) mass is 240 g/mol. The standard InChI is InChI=1S/C11H13ClN2O2/c1-7-9(12)2-3-10(13-7)14-5-8(6-15)4-11(14)16/h2-3,8,15H,4-6H2,1H3. The topological polar surface area (TPSA) is 53.4 Å². The van der Waals surface area contributed by atoms with Crippen LogP contribution in [0.3, 0.4) is 0 Å². The Morgan fingerprint density at radius 3 is 2.94 bits per heavy atom. The van der Waals surface area contributed by atoms with Gasteiger partial charge in [0.25, 0.3) is 0 Å². The third-order valence-electron chi connectivity index (χ3n) is 2.75. The Balaban J connectivity index is 2.24. The minimum absolute atomic E-state index is 0.00766. The zero-order valence-corrected chi connectivity index (χ0v) is 9.74. The van der Waals surface area contributed by atoms with E-state index < -0.39 is 0 Å². The Bertz CT molecular complexity index is 422. The average Bonchev–Trinajstić information content (AvgIpc) is 2.64. The maximum Gasteiger partial charge on any atom is 0.228 e. The number of nitrogens with zero attached hydrogens (tertiary/aromatic N) is 2. The van der Waals surface area contributed by atoms with Gasteiger partial charge in [0.2, 0.25) is 5.91 Å². The molecular formula is C11H13ClN2O2. The summed E-state index contributed by atoms with van der Waals surface area (Å²) < 4.78 is 0. The summed E-state index contributed by atoms with van der Waals surface area (Å²) in [5.41, 5.74) is 0.708. The Morgan fingerprint density at radius 1 is 1.62 bits per heavy atom. The highest BCUT2D eigenvalue weighted by atomic mass is 35.5. The highest BCUT2D eigenvalue weighted by molar-refractivity contribution is 6.31. The van der Waals surface area contributed by atoms with E-state index in [1.807, 2.05) is 0 Å². The molecule has 0 aromatic carbocycles. The molecule has 2 heterocycles. The summed E-state index contributed by atoms with van der Waals surface area (Å²) in [4.78, 5) is 17.5. The number of pyridine rings is 1. The van der Waals surface area contributed by atoms with Crippen LogP contribution in [0.5, 0.6) is 0 Å². The van der Waals surface area contributed by atoms with Crippen molar-refractivity contribution in [2.75, 3.05) is 18.1 Å². The second-order valence-corrected chi connectivity index (χ2v) is 4.40. The quantitative estimate of drug-likeness (QED) is 0.850. The van der Waals surface area contributed by atoms with Gasteiger partial charge in [0.15, 0.2) is 0 Å². The molecule has 1 atom stereocenters. The molecule has 5 heteroatoms. The molecule has 2 rings (SSSR count). The van der Waals surface area contributed by atoms with Crippen LogP contribution in [0.2, 0.25) is 5.02 Å². The molecule has 1 aromatic heterocycles. The lowest BCUT2D eigenvalue weighted by atomic mass is 10.1. The molecule has 1 saturated heterocycles. The summed E-state index contributed by atoms with van der Waals surface area (Å²) >= 11 is 5.87. The number of anilines is 1. The van der Waals surface area contributed by atoms with Gasteiger partial charge in [0.1, 0.15) is 5.82 Å². The van der Waals surface area contributed by atoms with Gasteiger partial charge in [-0.1, -0.05) is 11.6 Å². The minimum Gasteiger partial charge on any atom is -0.396 e. The van der Waals surface area contributed by atoms with E-state index in [1.54, 1.807) is 24.0 Å². The molecule has 0 radical (unpaired) electrons. The first kappa shape index (κ1) is 11.4. The maximum absolute atomic E-state index is 11.7. The fourth-order valence-corrected chi connectivity index (χ4v) is 1.91. The van der Waals surface area contributed by atoms with E-state index in [-0.39, 0.29) is 18.4 Å². The lowest BCUT2D eigenvalue weighted by molar-refractivity contribution is -0.117. The van der Waals surface area contributed by atoms with Crippen LogP contribution in [-0.2, 0) is 4.79 Å². The lowest BCUT2D eigenvalue weighted by Gasteiger charge is -2.15. The Hall–Kier alpha value is -1.13. The molecule has 1 aliphatic rings. The summed E-state index contributed by atoms with van der Waals surface area (Å²) in [6.45, 7) is 2.37. The average molecular weight is 241 g/mol. The fraction of sp³-hybridized carbons (Fsp3) is 0.455. The molecule has 0 spiro atoms. The summed E-state index contributed by atoms with van der Waals surface area (Å²) in [6.07, 6.45) is 0.389. The summed E-state index contributed by atoms with van der Waals surface area (Å²) in [5.74, 6) is 0.640. The first-order valence-corrected chi connectivity index (χ1v) is 5.54. The van der Waals surface area contributed by atoms with Crippen LogP contribution in [0.15, 0.2) is 12.1 Å². The summed E-state index contributed by atoms with van der Waals surface area (Å²) in [6, 6.07) is 3.46. The second kappa shape index (κ2) is 4.39. The zero-order chi connectivity index (χ0) is 11.7. The van der Waals surface area contributed by atoms with E-state index >= 15 is 0 Å². The molecule has 0 saturated carbocycles. The first-order valence-electron chi connectivity index (χ1n) is 5.16. The van der Waals surface area contributed by atoms with Crippen LogP contribution in [0, 0.1) is 12.8 Å². The van der Waals surface area contributed by atoms with Crippen molar-refractivity contribution in [1.29, 1.82) is 0 Å². The van der Waals surface area contributed by atoms with Gasteiger partial charge in [-0.2, -0.15) is 0 Å². The minimum atomic E-state index is 0.00766. The summed E-state index contributed by atoms with van der Waals surface area (Å²) in [7, 11) is 0. The number of aromatic nitrogens is 1. The molecule has 4 nitrogen and oxygen atoms in total. The van der Waals surface area contributed by atoms with Crippen LogP contribution in [0.1, 0.15) is 12.1 Å². The van der Waals surface area contributed by atoms with Crippen LogP contribution in [0.4, 0.5) is 5.82 Å². The van der Waals surface area contributed by atoms with Crippen LogP contribution in [-0.4, -0.2) is 29.1 Å². The first-order chi connectivity index (χ1) is 7.61. The third kappa shape index (κ3) is 2.03. The Morgan fingerprint density at radius 2 is 2.38 bits per heavy atom. The third-order valence-corrected chi connectivity index (χ3v) is 3.15. The largest absolute Gasteiger partial charge is 0.396 e. The normalized spacial score (nSPS) is 20.6. The number of carbonyl (C=O) groups is 1. The van der Waals surface area contributed by atoms with Crippen LogP contribution >= 0.6 is 11.6 Å². The number of aliphatic hydroxyl groups excluding tert-OH is 1. The zero-order valence-electron chi connectivity index (χ0n) is 8.98. The van der Waals surface area contributed by atoms with E-state index in [0.29, 0.717) is 29.5 Å². The highest BCUT2D eigenvalue weighted by Gasteiger charge is 2.30. The van der Waals surface area contributed by atoms with E-state index in [2.05, 4.69) is 4.98 Å². The smallest absolute Gasteiger partial charge is 0.228 e. The van der Waals surface area contributed by atoms with Crippen molar-refractivity contribution in [3.8, 4) is 0 Å². The summed E-state index contributed by atoms with van der Waals surface area (Å²) in [5, 5.41) is 9.62. The predicted molar refractivity (Wildman–Crippen MR) is 61.5 cm³/mol. The van der Waals surface area contributed by atoms with Gasteiger partial charge in [-0.25, -0.2) is 4.98 Å². The number of rotatable bonds is 2. The molecule has 1 N–H and O–H groups in total. The molecule has 1 unspecified atom stereocenters. The van der Waals surface area contributed by atoms with E-state index in [0.717, 1.165) is 0 Å². The van der Waals surface area contributed by atoms with Gasteiger partial charge in [-0.15, -0.1) is 0 Å². The molecule has 86 valence electrons. The van der Waals surface area contributed by atoms with Gasteiger partial charge < -0.3 is 5.11 Å². The van der Waals surface area contributed by atoms with E-state index in [9.17, 15) is 4.79 Å². The molecule has 0 aliphatic carbocycles. The van der Waals surface area contributed by atoms with Gasteiger partial charge in [0.05, 0.1) is 10.7 Å². The molecule has 1 aromatic rings. The maximum atomic E-state index is 11.7. The SMILES string of the molecule is Cc1nc(N2CC(CO)CC2=O)ccc1Cl. The van der Waals surface area contributed by atoms with Crippen molar-refractivity contribution in [3.05, 3.63) is 22.8 Å². The van der Waals surface area contributed by atoms with Crippen molar-refractivity contribution in [2.24, 2.45) is 5.92 Å². The van der Waals surface area contributed by atoms with E-state index in [1.165, 1.54) is 0 Å².